The molecule has 0 spiro atoms. The number of nitrogens with one attached hydrogen (secondary N) is 1. The van der Waals surface area contributed by atoms with Crippen LogP contribution in [0.1, 0.15) is 17.7 Å². The van der Waals surface area contributed by atoms with Gasteiger partial charge in [0.15, 0.2) is 0 Å². The van der Waals surface area contributed by atoms with Crippen molar-refractivity contribution in [2.24, 2.45) is 0 Å². The molecule has 1 saturated heterocycles. The molecule has 1 aliphatic heterocycles. The van der Waals surface area contributed by atoms with Crippen LogP contribution in [-0.4, -0.2) is 51.9 Å². The van der Waals surface area contributed by atoms with E-state index in [1.54, 1.807) is 12.1 Å². The van der Waals surface area contributed by atoms with Gasteiger partial charge < -0.3 is 9.88 Å². The summed E-state index contributed by atoms with van der Waals surface area (Å²) in [5.41, 5.74) is 4.94. The number of piperazine rings is 1. The van der Waals surface area contributed by atoms with Gasteiger partial charge in [-0.05, 0) is 47.9 Å². The zero-order valence-corrected chi connectivity index (χ0v) is 18.5. The number of benzene rings is 2. The maximum absolute atomic E-state index is 14.0. The van der Waals surface area contributed by atoms with Gasteiger partial charge in [0.1, 0.15) is 5.82 Å². The number of pyridine rings is 1. The Morgan fingerprint density at radius 1 is 0.970 bits per heavy atom. The predicted molar refractivity (Wildman–Crippen MR) is 128 cm³/mol. The van der Waals surface area contributed by atoms with E-state index in [9.17, 15) is 9.18 Å². The van der Waals surface area contributed by atoms with Crippen LogP contribution in [0.4, 0.5) is 4.39 Å². The van der Waals surface area contributed by atoms with Crippen molar-refractivity contribution in [1.82, 2.24) is 19.8 Å². The molecule has 0 aliphatic carbocycles. The van der Waals surface area contributed by atoms with Crippen LogP contribution < -0.4 is 0 Å². The highest BCUT2D eigenvalue weighted by atomic mass is 19.1. The Bertz CT molecular complexity index is 1230. The molecule has 2 aromatic carbocycles. The van der Waals surface area contributed by atoms with Gasteiger partial charge in [-0.2, -0.15) is 0 Å². The van der Waals surface area contributed by atoms with Gasteiger partial charge in [0.2, 0.25) is 5.91 Å². The third-order valence-electron chi connectivity index (χ3n) is 6.36. The molecule has 1 fully saturated rings. The molecule has 0 bridgehead atoms. The van der Waals surface area contributed by atoms with Gasteiger partial charge in [-0.1, -0.05) is 36.4 Å². The molecule has 5 rings (SSSR count). The zero-order chi connectivity index (χ0) is 22.6. The van der Waals surface area contributed by atoms with E-state index in [0.717, 1.165) is 66.1 Å². The van der Waals surface area contributed by atoms with Gasteiger partial charge in [-0.25, -0.2) is 4.39 Å². The number of rotatable bonds is 6. The number of H-pyrrole nitrogens is 1. The summed E-state index contributed by atoms with van der Waals surface area (Å²) >= 11 is 0. The Hall–Kier alpha value is -3.51. The lowest BCUT2D eigenvalue weighted by atomic mass is 10.0. The highest BCUT2D eigenvalue weighted by Gasteiger charge is 2.22. The molecule has 3 heterocycles. The molecule has 5 nitrogen and oxygen atoms in total. The highest BCUT2D eigenvalue weighted by Crippen LogP contribution is 2.32. The molecule has 4 aromatic rings. The van der Waals surface area contributed by atoms with E-state index >= 15 is 0 Å². The summed E-state index contributed by atoms with van der Waals surface area (Å²) in [5, 5.41) is 0.849. The summed E-state index contributed by atoms with van der Waals surface area (Å²) < 4.78 is 14.0. The van der Waals surface area contributed by atoms with Crippen molar-refractivity contribution in [2.75, 3.05) is 26.2 Å². The van der Waals surface area contributed by atoms with E-state index in [4.69, 9.17) is 0 Å². The second-order valence-electron chi connectivity index (χ2n) is 8.51. The SMILES string of the molecule is O=C(CCc1c(-c2ccccc2)[nH]c2ccc(F)cc12)N1CCN(Cc2ccccn2)CC1. The Morgan fingerprint density at radius 3 is 2.52 bits per heavy atom. The molecule has 1 aliphatic rings. The van der Waals surface area contributed by atoms with E-state index in [0.29, 0.717) is 12.8 Å². The van der Waals surface area contributed by atoms with Crippen LogP contribution in [0.15, 0.2) is 72.9 Å². The first-order valence-corrected chi connectivity index (χ1v) is 11.4. The summed E-state index contributed by atoms with van der Waals surface area (Å²) in [6, 6.07) is 20.8. The first kappa shape index (κ1) is 21.3. The van der Waals surface area contributed by atoms with Crippen molar-refractivity contribution < 1.29 is 9.18 Å². The number of nitrogens with zero attached hydrogens (tertiary/aromatic N) is 3. The molecule has 0 radical (unpaired) electrons. The van der Waals surface area contributed by atoms with Gasteiger partial charge in [-0.3, -0.25) is 14.7 Å². The topological polar surface area (TPSA) is 52.2 Å². The average Bonchev–Trinajstić information content (AvgIpc) is 3.22. The maximum Gasteiger partial charge on any atom is 0.222 e. The van der Waals surface area contributed by atoms with Crippen LogP contribution in [0.2, 0.25) is 0 Å². The first-order valence-electron chi connectivity index (χ1n) is 11.4. The van der Waals surface area contributed by atoms with Crippen LogP contribution in [0.5, 0.6) is 0 Å². The summed E-state index contributed by atoms with van der Waals surface area (Å²) in [5.74, 6) is -0.116. The fraction of sp³-hybridized carbons (Fsp3) is 0.259. The highest BCUT2D eigenvalue weighted by molar-refractivity contribution is 5.91. The monoisotopic (exact) mass is 442 g/mol. The molecule has 0 unspecified atom stereocenters. The molecule has 6 heteroatoms. The summed E-state index contributed by atoms with van der Waals surface area (Å²) in [4.78, 5) is 25.1. The van der Waals surface area contributed by atoms with Crippen LogP contribution in [0.3, 0.4) is 0 Å². The molecule has 0 atom stereocenters. The Morgan fingerprint density at radius 2 is 1.76 bits per heavy atom. The lowest BCUT2D eigenvalue weighted by Crippen LogP contribution is -2.48. The fourth-order valence-electron chi connectivity index (χ4n) is 4.60. The number of aryl methyl sites for hydroxylation is 1. The van der Waals surface area contributed by atoms with Crippen molar-refractivity contribution in [1.29, 1.82) is 0 Å². The Kier molecular flexibility index (Phi) is 6.17. The lowest BCUT2D eigenvalue weighted by molar-refractivity contribution is -0.132. The minimum absolute atomic E-state index is 0.150. The van der Waals surface area contributed by atoms with Crippen molar-refractivity contribution >= 4 is 16.8 Å². The number of carbonyl (C=O) groups is 1. The van der Waals surface area contributed by atoms with E-state index in [2.05, 4.69) is 14.9 Å². The third-order valence-corrected chi connectivity index (χ3v) is 6.36. The standard InChI is InChI=1S/C27H27FN4O/c28-21-9-11-25-24(18-21)23(27(30-25)20-6-2-1-3-7-20)10-12-26(33)32-16-14-31(15-17-32)19-22-8-4-5-13-29-22/h1-9,11,13,18,30H,10,12,14-17,19H2. The van der Waals surface area contributed by atoms with Crippen LogP contribution in [-0.2, 0) is 17.8 Å². The summed E-state index contributed by atoms with van der Waals surface area (Å²) in [6.45, 7) is 3.94. The van der Waals surface area contributed by atoms with Crippen LogP contribution >= 0.6 is 0 Å². The smallest absolute Gasteiger partial charge is 0.222 e. The second kappa shape index (κ2) is 9.55. The predicted octanol–water partition coefficient (Wildman–Crippen LogP) is 4.65. The molecule has 1 amide bonds. The molecule has 1 N–H and O–H groups in total. The van der Waals surface area contributed by atoms with E-state index < -0.39 is 0 Å². The van der Waals surface area contributed by atoms with Gasteiger partial charge in [0.05, 0.1) is 5.69 Å². The molecule has 33 heavy (non-hydrogen) atoms. The normalized spacial score (nSPS) is 14.6. The fourth-order valence-corrected chi connectivity index (χ4v) is 4.60. The van der Waals surface area contributed by atoms with Crippen molar-refractivity contribution in [3.05, 3.63) is 90.0 Å². The molecule has 168 valence electrons. The molecular weight excluding hydrogens is 415 g/mol. The molecular formula is C27H27FN4O. The minimum Gasteiger partial charge on any atom is -0.354 e. The van der Waals surface area contributed by atoms with Crippen LogP contribution in [0.25, 0.3) is 22.2 Å². The number of halogens is 1. The number of hydrogen-bond acceptors (Lipinski definition) is 3. The van der Waals surface area contributed by atoms with E-state index in [1.165, 1.54) is 6.07 Å². The number of hydrogen-bond donors (Lipinski definition) is 1. The van der Waals surface area contributed by atoms with Gasteiger partial charge >= 0.3 is 0 Å². The van der Waals surface area contributed by atoms with Gasteiger partial charge in [-0.15, -0.1) is 0 Å². The maximum atomic E-state index is 14.0. The van der Waals surface area contributed by atoms with Crippen molar-refractivity contribution in [3.8, 4) is 11.3 Å². The van der Waals surface area contributed by atoms with E-state index in [-0.39, 0.29) is 11.7 Å². The number of fused-ring (bicyclic) bond motifs is 1. The minimum atomic E-state index is -0.266. The Labute approximate surface area is 192 Å². The van der Waals surface area contributed by atoms with Crippen molar-refractivity contribution in [2.45, 2.75) is 19.4 Å². The van der Waals surface area contributed by atoms with Gasteiger partial charge in [0, 0.05) is 61.9 Å². The number of aromatic nitrogens is 2. The zero-order valence-electron chi connectivity index (χ0n) is 18.5. The van der Waals surface area contributed by atoms with Crippen LogP contribution in [0, 0.1) is 5.82 Å². The second-order valence-corrected chi connectivity index (χ2v) is 8.51. The lowest BCUT2D eigenvalue weighted by Gasteiger charge is -2.34. The first-order chi connectivity index (χ1) is 16.2. The number of amides is 1. The quantitative estimate of drug-likeness (QED) is 0.473. The van der Waals surface area contributed by atoms with Gasteiger partial charge in [0.25, 0.3) is 0 Å². The average molecular weight is 443 g/mol. The Balaban J connectivity index is 1.26. The van der Waals surface area contributed by atoms with E-state index in [1.807, 2.05) is 59.6 Å². The largest absolute Gasteiger partial charge is 0.354 e. The molecule has 2 aromatic heterocycles. The number of carbonyl (C=O) groups excluding carboxylic acids is 1. The summed E-state index contributed by atoms with van der Waals surface area (Å²) in [6.07, 6.45) is 2.79. The van der Waals surface area contributed by atoms with Crippen molar-refractivity contribution in [3.63, 3.8) is 0 Å². The third kappa shape index (κ3) is 4.81. The summed E-state index contributed by atoms with van der Waals surface area (Å²) in [7, 11) is 0. The number of aromatic amines is 1. The molecule has 0 saturated carbocycles.